The lowest BCUT2D eigenvalue weighted by molar-refractivity contribution is -0.143. The van der Waals surface area contributed by atoms with E-state index in [0.717, 1.165) is 26.1 Å². The average molecular weight is 247 g/mol. The van der Waals surface area contributed by atoms with E-state index in [4.69, 9.17) is 0 Å². The maximum atomic E-state index is 12.4. The molecule has 0 bridgehead atoms. The van der Waals surface area contributed by atoms with Gasteiger partial charge in [0.15, 0.2) is 0 Å². The number of rotatable bonds is 1. The van der Waals surface area contributed by atoms with E-state index in [2.05, 4.69) is 24.1 Å². The molecule has 2 unspecified atom stereocenters. The summed E-state index contributed by atoms with van der Waals surface area (Å²) < 4.78 is 0. The van der Waals surface area contributed by atoms with Gasteiger partial charge in [-0.3, -0.25) is 4.79 Å². The maximum Gasteiger partial charge on any atom is 0.230 e. The molecule has 0 aliphatic carbocycles. The fourth-order valence-electron chi connectivity index (χ4n) is 2.75. The normalized spacial score (nSPS) is 34.6. The summed E-state index contributed by atoms with van der Waals surface area (Å²) in [5, 5.41) is 3.30. The second kappa shape index (κ2) is 5.37. The molecule has 16 heavy (non-hydrogen) atoms. The van der Waals surface area contributed by atoms with Crippen molar-refractivity contribution in [3.63, 3.8) is 0 Å². The molecule has 0 radical (unpaired) electrons. The molecule has 2 atom stereocenters. The molecule has 2 aliphatic rings. The smallest absolute Gasteiger partial charge is 0.230 e. The summed E-state index contributed by atoms with van der Waals surface area (Å²) in [6.07, 6.45) is 4.63. The molecule has 2 aliphatic heterocycles. The number of carbonyl (C=O) groups is 1. The lowest BCUT2D eigenvalue weighted by Gasteiger charge is -2.38. The summed E-state index contributed by atoms with van der Waals surface area (Å²) in [5.74, 6) is 0.375. The first kappa shape index (κ1) is 13.8. The van der Waals surface area contributed by atoms with Gasteiger partial charge >= 0.3 is 0 Å². The third kappa shape index (κ3) is 2.51. The highest BCUT2D eigenvalue weighted by Gasteiger charge is 2.40. The molecule has 2 fully saturated rings. The van der Waals surface area contributed by atoms with Crippen molar-refractivity contribution in [3.8, 4) is 0 Å². The third-order valence-corrected chi connectivity index (χ3v) is 3.95. The Labute approximate surface area is 104 Å². The van der Waals surface area contributed by atoms with Crippen LogP contribution in [0.2, 0.25) is 0 Å². The highest BCUT2D eigenvalue weighted by molar-refractivity contribution is 5.85. The fourth-order valence-corrected chi connectivity index (χ4v) is 2.75. The zero-order valence-corrected chi connectivity index (χ0v) is 11.1. The van der Waals surface area contributed by atoms with E-state index >= 15 is 0 Å². The number of piperidine rings is 1. The zero-order chi connectivity index (χ0) is 10.9. The van der Waals surface area contributed by atoms with Gasteiger partial charge in [0.2, 0.25) is 5.91 Å². The Balaban J connectivity index is 0.00000128. The molecule has 2 heterocycles. The molecule has 94 valence electrons. The molecule has 1 amide bonds. The minimum atomic E-state index is -0.133. The molecule has 0 aromatic rings. The third-order valence-electron chi connectivity index (χ3n) is 3.95. The van der Waals surface area contributed by atoms with Crippen LogP contribution in [0.1, 0.15) is 39.5 Å². The minimum absolute atomic E-state index is 0. The molecular formula is C12H23ClN2O. The number of hydrogen-bond donors (Lipinski definition) is 1. The second-order valence-electron chi connectivity index (χ2n) is 5.33. The SMILES string of the molecule is CC1CCCCN1C(=O)C1(C)CCNC1.Cl. The van der Waals surface area contributed by atoms with Gasteiger partial charge in [0.25, 0.3) is 0 Å². The summed E-state index contributed by atoms with van der Waals surface area (Å²) in [4.78, 5) is 14.5. The largest absolute Gasteiger partial charge is 0.339 e. The molecule has 3 nitrogen and oxygen atoms in total. The predicted molar refractivity (Wildman–Crippen MR) is 67.9 cm³/mol. The summed E-state index contributed by atoms with van der Waals surface area (Å²) in [6.45, 7) is 7.11. The second-order valence-corrected chi connectivity index (χ2v) is 5.33. The Morgan fingerprint density at radius 1 is 1.44 bits per heavy atom. The van der Waals surface area contributed by atoms with Crippen LogP contribution in [0.3, 0.4) is 0 Å². The molecule has 2 saturated heterocycles. The van der Waals surface area contributed by atoms with Gasteiger partial charge in [-0.25, -0.2) is 0 Å². The predicted octanol–water partition coefficient (Wildman–Crippen LogP) is 1.81. The van der Waals surface area contributed by atoms with Gasteiger partial charge in [-0.2, -0.15) is 0 Å². The maximum absolute atomic E-state index is 12.4. The molecule has 2 rings (SSSR count). The number of amides is 1. The van der Waals surface area contributed by atoms with Gasteiger partial charge in [-0.05, 0) is 46.1 Å². The first-order chi connectivity index (χ1) is 7.13. The number of hydrogen-bond acceptors (Lipinski definition) is 2. The van der Waals surface area contributed by atoms with Crippen LogP contribution in [0.25, 0.3) is 0 Å². The van der Waals surface area contributed by atoms with Crippen molar-refractivity contribution in [1.82, 2.24) is 10.2 Å². The fraction of sp³-hybridized carbons (Fsp3) is 0.917. The Morgan fingerprint density at radius 3 is 2.75 bits per heavy atom. The van der Waals surface area contributed by atoms with Gasteiger partial charge in [0.1, 0.15) is 0 Å². The first-order valence-corrected chi connectivity index (χ1v) is 6.15. The van der Waals surface area contributed by atoms with Gasteiger partial charge in [0, 0.05) is 19.1 Å². The van der Waals surface area contributed by atoms with Crippen molar-refractivity contribution in [2.75, 3.05) is 19.6 Å². The molecule has 0 spiro atoms. The number of nitrogens with one attached hydrogen (secondary N) is 1. The number of halogens is 1. The highest BCUT2D eigenvalue weighted by atomic mass is 35.5. The van der Waals surface area contributed by atoms with Crippen molar-refractivity contribution in [3.05, 3.63) is 0 Å². The van der Waals surface area contributed by atoms with Crippen LogP contribution in [0.5, 0.6) is 0 Å². The zero-order valence-electron chi connectivity index (χ0n) is 10.3. The van der Waals surface area contributed by atoms with E-state index in [1.807, 2.05) is 0 Å². The Bertz CT molecular complexity index is 251. The van der Waals surface area contributed by atoms with Crippen LogP contribution in [0.15, 0.2) is 0 Å². The van der Waals surface area contributed by atoms with Crippen molar-refractivity contribution >= 4 is 18.3 Å². The number of nitrogens with zero attached hydrogens (tertiary/aromatic N) is 1. The van der Waals surface area contributed by atoms with Crippen LogP contribution < -0.4 is 5.32 Å². The standard InChI is InChI=1S/C12H22N2O.ClH/c1-10-5-3-4-8-14(10)11(15)12(2)6-7-13-9-12;/h10,13H,3-9H2,1-2H3;1H. The van der Waals surface area contributed by atoms with Crippen molar-refractivity contribution < 1.29 is 4.79 Å². The lowest BCUT2D eigenvalue weighted by atomic mass is 9.86. The lowest BCUT2D eigenvalue weighted by Crippen LogP contribution is -2.49. The van der Waals surface area contributed by atoms with Crippen molar-refractivity contribution in [2.45, 2.75) is 45.6 Å². The summed E-state index contributed by atoms with van der Waals surface area (Å²) in [6, 6.07) is 0.448. The summed E-state index contributed by atoms with van der Waals surface area (Å²) >= 11 is 0. The van der Waals surface area contributed by atoms with Gasteiger partial charge < -0.3 is 10.2 Å². The quantitative estimate of drug-likeness (QED) is 0.766. The highest BCUT2D eigenvalue weighted by Crippen LogP contribution is 2.30. The van der Waals surface area contributed by atoms with Crippen LogP contribution in [-0.4, -0.2) is 36.5 Å². The molecule has 0 aromatic heterocycles. The Kier molecular flexibility index (Phi) is 4.62. The van der Waals surface area contributed by atoms with E-state index in [1.54, 1.807) is 0 Å². The number of likely N-dealkylation sites (tertiary alicyclic amines) is 1. The van der Waals surface area contributed by atoms with Crippen LogP contribution in [-0.2, 0) is 4.79 Å². The Morgan fingerprint density at radius 2 is 2.19 bits per heavy atom. The van der Waals surface area contributed by atoms with E-state index in [0.29, 0.717) is 11.9 Å². The van der Waals surface area contributed by atoms with E-state index in [-0.39, 0.29) is 17.8 Å². The molecule has 0 saturated carbocycles. The molecule has 4 heteroatoms. The minimum Gasteiger partial charge on any atom is -0.339 e. The molecular weight excluding hydrogens is 224 g/mol. The first-order valence-electron chi connectivity index (χ1n) is 6.15. The van der Waals surface area contributed by atoms with E-state index in [1.165, 1.54) is 19.3 Å². The monoisotopic (exact) mass is 246 g/mol. The Hall–Kier alpha value is -0.280. The molecule has 1 N–H and O–H groups in total. The topological polar surface area (TPSA) is 32.3 Å². The van der Waals surface area contributed by atoms with Crippen molar-refractivity contribution in [2.24, 2.45) is 5.41 Å². The van der Waals surface area contributed by atoms with Crippen molar-refractivity contribution in [1.29, 1.82) is 0 Å². The van der Waals surface area contributed by atoms with E-state index in [9.17, 15) is 4.79 Å². The van der Waals surface area contributed by atoms with Gasteiger partial charge in [-0.15, -0.1) is 12.4 Å². The van der Waals surface area contributed by atoms with Crippen LogP contribution >= 0.6 is 12.4 Å². The molecule has 0 aromatic carbocycles. The van der Waals surface area contributed by atoms with E-state index < -0.39 is 0 Å². The summed E-state index contributed by atoms with van der Waals surface area (Å²) in [5.41, 5.74) is -0.133. The van der Waals surface area contributed by atoms with Crippen LogP contribution in [0.4, 0.5) is 0 Å². The van der Waals surface area contributed by atoms with Gasteiger partial charge in [0.05, 0.1) is 5.41 Å². The van der Waals surface area contributed by atoms with Crippen LogP contribution in [0, 0.1) is 5.41 Å². The van der Waals surface area contributed by atoms with Gasteiger partial charge in [-0.1, -0.05) is 0 Å². The summed E-state index contributed by atoms with van der Waals surface area (Å²) in [7, 11) is 0. The number of carbonyl (C=O) groups excluding carboxylic acids is 1. The average Bonchev–Trinajstić information content (AvgIpc) is 2.66.